The molecule has 0 bridgehead atoms. The van der Waals surface area contributed by atoms with E-state index in [2.05, 4.69) is 4.52 Å². The summed E-state index contributed by atoms with van der Waals surface area (Å²) in [4.78, 5) is 52.4. The van der Waals surface area contributed by atoms with Gasteiger partial charge in [-0.15, -0.1) is 0 Å². The molecule has 0 amide bonds. The van der Waals surface area contributed by atoms with Gasteiger partial charge in [-0.25, -0.2) is 9.36 Å². The molecule has 1 unspecified atom stereocenters. The molecule has 4 N–H and O–H groups in total. The van der Waals surface area contributed by atoms with Crippen molar-refractivity contribution in [1.82, 2.24) is 9.55 Å². The average Bonchev–Trinajstić information content (AvgIpc) is 2.80. The molecular weight excluding hydrogens is 398 g/mol. The monoisotopic (exact) mass is 416 g/mol. The summed E-state index contributed by atoms with van der Waals surface area (Å²) in [5.41, 5.74) is -1.50. The van der Waals surface area contributed by atoms with Crippen molar-refractivity contribution in [3.63, 3.8) is 0 Å². The van der Waals surface area contributed by atoms with E-state index in [0.717, 1.165) is 23.5 Å². The summed E-state index contributed by atoms with van der Waals surface area (Å²) < 4.78 is 43.6. The van der Waals surface area contributed by atoms with Crippen molar-refractivity contribution in [3.05, 3.63) is 33.1 Å². The van der Waals surface area contributed by atoms with Crippen LogP contribution in [0.25, 0.3) is 0 Å². The zero-order chi connectivity index (χ0) is 19.7. The summed E-state index contributed by atoms with van der Waals surface area (Å²) in [6, 6.07) is 1.05. The number of rotatable bonds is 7. The molecule has 13 nitrogen and oxygen atoms in total. The fourth-order valence-electron chi connectivity index (χ4n) is 2.47. The normalized spacial score (nSPS) is 28.8. The number of H-pyrrole nitrogens is 1. The SMILES string of the molecule is CO[C@@H]1[C@H](OP(C)(=O)O)[C@@H](COP(=O)(O)O)O[C@H]1n1ccc(=O)[nH]c1=O. The summed E-state index contributed by atoms with van der Waals surface area (Å²) >= 11 is 0. The number of aromatic amines is 1. The molecule has 0 aromatic carbocycles. The third-order valence-electron chi connectivity index (χ3n) is 3.41. The lowest BCUT2D eigenvalue weighted by Gasteiger charge is -2.24. The lowest BCUT2D eigenvalue weighted by atomic mass is 10.1. The van der Waals surface area contributed by atoms with Crippen molar-refractivity contribution in [2.24, 2.45) is 0 Å². The van der Waals surface area contributed by atoms with Crippen molar-refractivity contribution < 1.29 is 42.3 Å². The molecule has 15 heteroatoms. The van der Waals surface area contributed by atoms with Crippen LogP contribution in [-0.2, 0) is 27.7 Å². The van der Waals surface area contributed by atoms with Gasteiger partial charge in [0.25, 0.3) is 5.56 Å². The maximum absolute atomic E-state index is 12.0. The van der Waals surface area contributed by atoms with Crippen molar-refractivity contribution in [3.8, 4) is 0 Å². The van der Waals surface area contributed by atoms with Gasteiger partial charge in [-0.1, -0.05) is 0 Å². The molecular formula is C11H18N2O11P2. The first-order valence-corrected chi connectivity index (χ1v) is 10.7. The van der Waals surface area contributed by atoms with Crippen molar-refractivity contribution in [1.29, 1.82) is 0 Å². The standard InChI is InChI=1S/C11H18N2O11P2/c1-21-9-8(24-25(2,16)17)6(5-22-26(18,19)20)23-10(9)13-4-3-7(14)12-11(13)15/h3-4,6,8-10H,5H2,1-2H3,(H,16,17)(H,12,14,15)(H2,18,19,20)/t6-,8-,9-,10-/m1/s1. The Morgan fingerprint density at radius 1 is 1.27 bits per heavy atom. The van der Waals surface area contributed by atoms with Gasteiger partial charge >= 0.3 is 21.1 Å². The van der Waals surface area contributed by atoms with Crippen LogP contribution in [0.3, 0.4) is 0 Å². The van der Waals surface area contributed by atoms with Gasteiger partial charge in [-0.05, 0) is 0 Å². The predicted octanol–water partition coefficient (Wildman–Crippen LogP) is -1.24. The Labute approximate surface area is 146 Å². The maximum atomic E-state index is 12.0. The van der Waals surface area contributed by atoms with Gasteiger partial charge in [0.15, 0.2) is 6.23 Å². The van der Waals surface area contributed by atoms with Gasteiger partial charge in [0.05, 0.1) is 6.61 Å². The van der Waals surface area contributed by atoms with Crippen molar-refractivity contribution in [2.45, 2.75) is 24.5 Å². The second-order valence-corrected chi connectivity index (χ2v) is 8.50. The van der Waals surface area contributed by atoms with E-state index in [9.17, 15) is 23.6 Å². The van der Waals surface area contributed by atoms with E-state index in [-0.39, 0.29) is 0 Å². The number of ether oxygens (including phenoxy) is 2. The first kappa shape index (κ1) is 21.2. The van der Waals surface area contributed by atoms with Gasteiger partial charge in [-0.3, -0.25) is 28.0 Å². The van der Waals surface area contributed by atoms with Gasteiger partial charge in [0, 0.05) is 26.0 Å². The van der Waals surface area contributed by atoms with E-state index < -0.39 is 57.8 Å². The Hall–Kier alpha value is -1.14. The third kappa shape index (κ3) is 5.43. The smallest absolute Gasteiger partial charge is 0.374 e. The van der Waals surface area contributed by atoms with Gasteiger partial charge in [0.1, 0.15) is 18.3 Å². The molecule has 0 aliphatic carbocycles. The molecule has 0 radical (unpaired) electrons. The quantitative estimate of drug-likeness (QED) is 0.389. The second kappa shape index (κ2) is 7.85. The summed E-state index contributed by atoms with van der Waals surface area (Å²) in [6.45, 7) is 0.198. The number of nitrogens with zero attached hydrogens (tertiary/aromatic N) is 1. The molecule has 1 aliphatic rings. The zero-order valence-electron chi connectivity index (χ0n) is 13.6. The number of hydrogen-bond donors (Lipinski definition) is 4. The van der Waals surface area contributed by atoms with Crippen molar-refractivity contribution >= 4 is 15.4 Å². The van der Waals surface area contributed by atoms with Crippen LogP contribution in [0.15, 0.2) is 21.9 Å². The fourth-order valence-corrected chi connectivity index (χ4v) is 3.52. The average molecular weight is 416 g/mol. The lowest BCUT2D eigenvalue weighted by molar-refractivity contribution is -0.0620. The second-order valence-electron chi connectivity index (χ2n) is 5.44. The molecule has 26 heavy (non-hydrogen) atoms. The zero-order valence-corrected chi connectivity index (χ0v) is 15.4. The molecule has 1 saturated heterocycles. The summed E-state index contributed by atoms with van der Waals surface area (Å²) in [5.74, 6) is 0. The highest BCUT2D eigenvalue weighted by Gasteiger charge is 2.49. The molecule has 2 rings (SSSR count). The van der Waals surface area contributed by atoms with Gasteiger partial charge in [-0.2, -0.15) is 0 Å². The Kier molecular flexibility index (Phi) is 6.39. The van der Waals surface area contributed by atoms with E-state index >= 15 is 0 Å². The third-order valence-corrected chi connectivity index (χ3v) is 4.53. The topological polar surface area (TPSA) is 187 Å². The molecule has 0 spiro atoms. The molecule has 1 aliphatic heterocycles. The minimum Gasteiger partial charge on any atom is -0.374 e. The Morgan fingerprint density at radius 3 is 2.42 bits per heavy atom. The Bertz CT molecular complexity index is 839. The molecule has 1 aromatic heterocycles. The number of hydrogen-bond acceptors (Lipinski definition) is 8. The molecule has 148 valence electrons. The molecule has 5 atom stereocenters. The van der Waals surface area contributed by atoms with Crippen LogP contribution in [0.5, 0.6) is 0 Å². The first-order valence-electron chi connectivity index (χ1n) is 7.10. The first-order chi connectivity index (χ1) is 11.9. The summed E-state index contributed by atoms with van der Waals surface area (Å²) in [5, 5.41) is 0. The summed E-state index contributed by atoms with van der Waals surface area (Å²) in [7, 11) is -7.69. The van der Waals surface area contributed by atoms with E-state index in [1.54, 1.807) is 0 Å². The largest absolute Gasteiger partial charge is 0.469 e. The Morgan fingerprint density at radius 2 is 1.92 bits per heavy atom. The highest BCUT2D eigenvalue weighted by atomic mass is 31.2. The highest BCUT2D eigenvalue weighted by Crippen LogP contribution is 2.46. The fraction of sp³-hybridized carbons (Fsp3) is 0.636. The summed E-state index contributed by atoms with van der Waals surface area (Å²) in [6.07, 6.45) is -3.77. The number of phosphoric acid groups is 1. The van der Waals surface area contributed by atoms with E-state index in [0.29, 0.717) is 0 Å². The number of phosphoric ester groups is 1. The van der Waals surface area contributed by atoms with Crippen LogP contribution in [0.1, 0.15) is 6.23 Å². The van der Waals surface area contributed by atoms with Crippen LogP contribution in [0.4, 0.5) is 0 Å². The van der Waals surface area contributed by atoms with Crippen LogP contribution in [0, 0.1) is 0 Å². The minimum atomic E-state index is -4.86. The highest BCUT2D eigenvalue weighted by molar-refractivity contribution is 7.51. The van der Waals surface area contributed by atoms with E-state index in [1.807, 2.05) is 4.98 Å². The maximum Gasteiger partial charge on any atom is 0.469 e. The van der Waals surface area contributed by atoms with Gasteiger partial charge in [0.2, 0.25) is 0 Å². The van der Waals surface area contributed by atoms with Gasteiger partial charge < -0.3 is 24.2 Å². The molecule has 2 heterocycles. The molecule has 1 fully saturated rings. The number of methoxy groups -OCH3 is 1. The molecule has 1 aromatic rings. The van der Waals surface area contributed by atoms with Crippen molar-refractivity contribution in [2.75, 3.05) is 20.4 Å². The van der Waals surface area contributed by atoms with Crippen LogP contribution < -0.4 is 11.2 Å². The lowest BCUT2D eigenvalue weighted by Crippen LogP contribution is -2.39. The van der Waals surface area contributed by atoms with Crippen LogP contribution in [-0.4, -0.2) is 62.9 Å². The van der Waals surface area contributed by atoms with Crippen LogP contribution >= 0.6 is 15.4 Å². The van der Waals surface area contributed by atoms with Crippen LogP contribution in [0.2, 0.25) is 0 Å². The predicted molar refractivity (Wildman–Crippen MR) is 84.6 cm³/mol. The molecule has 0 saturated carbocycles. The van der Waals surface area contributed by atoms with E-state index in [1.165, 1.54) is 7.11 Å². The number of aromatic nitrogens is 2. The Balaban J connectivity index is 2.37. The van der Waals surface area contributed by atoms with E-state index in [4.69, 9.17) is 23.8 Å². The number of nitrogens with one attached hydrogen (secondary N) is 1. The minimum absolute atomic E-state index is 0.652.